The highest BCUT2D eigenvalue weighted by Crippen LogP contribution is 2.33. The van der Waals surface area contributed by atoms with Gasteiger partial charge in [0.1, 0.15) is 11.5 Å². The zero-order valence-corrected chi connectivity index (χ0v) is 16.6. The SMILES string of the molecule is COc1ccc(OC(=O)NCC2CCCCC2)cc1-c1cncc(/C(N)=N/N)c1. The van der Waals surface area contributed by atoms with E-state index in [1.54, 1.807) is 43.8 Å². The topological polar surface area (TPSA) is 125 Å². The minimum Gasteiger partial charge on any atom is -0.496 e. The Morgan fingerprint density at radius 2 is 2.03 bits per heavy atom. The molecule has 2 aromatic rings. The van der Waals surface area contributed by atoms with E-state index in [-0.39, 0.29) is 5.84 Å². The van der Waals surface area contributed by atoms with Crippen molar-refractivity contribution in [3.63, 3.8) is 0 Å². The molecule has 1 aromatic heterocycles. The molecule has 1 heterocycles. The number of aromatic nitrogens is 1. The van der Waals surface area contributed by atoms with Gasteiger partial charge in [-0.05, 0) is 43.0 Å². The number of nitrogens with one attached hydrogen (secondary N) is 1. The number of amidine groups is 1. The van der Waals surface area contributed by atoms with Gasteiger partial charge < -0.3 is 26.4 Å². The van der Waals surface area contributed by atoms with E-state index < -0.39 is 6.09 Å². The normalized spacial score (nSPS) is 15.0. The second kappa shape index (κ2) is 9.77. The predicted molar refractivity (Wildman–Crippen MR) is 112 cm³/mol. The summed E-state index contributed by atoms with van der Waals surface area (Å²) in [6.07, 6.45) is 8.84. The largest absolute Gasteiger partial charge is 0.496 e. The van der Waals surface area contributed by atoms with Crippen LogP contribution in [0.1, 0.15) is 37.7 Å². The van der Waals surface area contributed by atoms with Gasteiger partial charge in [-0.25, -0.2) is 4.79 Å². The molecule has 1 saturated carbocycles. The maximum Gasteiger partial charge on any atom is 0.412 e. The molecule has 0 spiro atoms. The number of nitrogens with zero attached hydrogens (tertiary/aromatic N) is 2. The monoisotopic (exact) mass is 397 g/mol. The van der Waals surface area contributed by atoms with Crippen molar-refractivity contribution in [1.29, 1.82) is 0 Å². The molecule has 1 aromatic carbocycles. The van der Waals surface area contributed by atoms with Gasteiger partial charge in [-0.15, -0.1) is 0 Å². The van der Waals surface area contributed by atoms with Crippen LogP contribution in [0.25, 0.3) is 11.1 Å². The number of hydrogen-bond acceptors (Lipinski definition) is 6. The first-order chi connectivity index (χ1) is 14.1. The van der Waals surface area contributed by atoms with Gasteiger partial charge in [-0.1, -0.05) is 19.3 Å². The van der Waals surface area contributed by atoms with Crippen molar-refractivity contribution < 1.29 is 14.3 Å². The van der Waals surface area contributed by atoms with Gasteiger partial charge in [-0.3, -0.25) is 4.98 Å². The van der Waals surface area contributed by atoms with Crippen molar-refractivity contribution in [2.24, 2.45) is 22.6 Å². The fourth-order valence-corrected chi connectivity index (χ4v) is 3.54. The summed E-state index contributed by atoms with van der Waals surface area (Å²) in [7, 11) is 1.57. The fraction of sp³-hybridized carbons (Fsp3) is 0.381. The number of benzene rings is 1. The Kier molecular flexibility index (Phi) is 6.89. The Hall–Kier alpha value is -3.29. The van der Waals surface area contributed by atoms with Crippen LogP contribution in [-0.2, 0) is 0 Å². The van der Waals surface area contributed by atoms with Gasteiger partial charge in [0.25, 0.3) is 0 Å². The average Bonchev–Trinajstić information content (AvgIpc) is 2.78. The predicted octanol–water partition coefficient (Wildman–Crippen LogP) is 3.00. The van der Waals surface area contributed by atoms with Crippen LogP contribution in [0, 0.1) is 5.92 Å². The third-order valence-electron chi connectivity index (χ3n) is 5.13. The molecule has 0 aliphatic heterocycles. The number of methoxy groups -OCH3 is 1. The Labute approximate surface area is 170 Å². The second-order valence-electron chi connectivity index (χ2n) is 7.11. The summed E-state index contributed by atoms with van der Waals surface area (Å²) >= 11 is 0. The molecule has 1 amide bonds. The van der Waals surface area contributed by atoms with Gasteiger partial charge in [0.05, 0.1) is 7.11 Å². The summed E-state index contributed by atoms with van der Waals surface area (Å²) in [6, 6.07) is 6.96. The highest BCUT2D eigenvalue weighted by Gasteiger charge is 2.16. The van der Waals surface area contributed by atoms with Crippen LogP contribution in [-0.4, -0.2) is 30.6 Å². The molecular weight excluding hydrogens is 370 g/mol. The molecule has 3 rings (SSSR count). The third-order valence-corrected chi connectivity index (χ3v) is 5.13. The molecule has 0 radical (unpaired) electrons. The Morgan fingerprint density at radius 3 is 2.76 bits per heavy atom. The third kappa shape index (κ3) is 5.37. The standard InChI is InChI=1S/C21H27N5O3/c1-28-19-8-7-17(29-21(27)25-11-14-5-3-2-4-6-14)10-18(19)15-9-16(13-24-12-15)20(22)26-23/h7-10,12-14H,2-6,11,23H2,1H3,(H2,22,26)(H,25,27). The molecule has 0 unspecified atom stereocenters. The van der Waals surface area contributed by atoms with Gasteiger partial charge in [0, 0.05) is 35.6 Å². The van der Waals surface area contributed by atoms with Crippen molar-refractivity contribution in [1.82, 2.24) is 10.3 Å². The lowest BCUT2D eigenvalue weighted by atomic mass is 9.89. The van der Waals surface area contributed by atoms with Gasteiger partial charge in [-0.2, -0.15) is 5.10 Å². The lowest BCUT2D eigenvalue weighted by Gasteiger charge is -2.21. The zero-order valence-electron chi connectivity index (χ0n) is 16.6. The molecule has 8 heteroatoms. The molecule has 0 saturated heterocycles. The van der Waals surface area contributed by atoms with Crippen LogP contribution in [0.15, 0.2) is 41.8 Å². The zero-order chi connectivity index (χ0) is 20.6. The first-order valence-electron chi connectivity index (χ1n) is 9.73. The smallest absolute Gasteiger partial charge is 0.412 e. The lowest BCUT2D eigenvalue weighted by molar-refractivity contribution is 0.196. The minimum atomic E-state index is -0.460. The van der Waals surface area contributed by atoms with Crippen LogP contribution < -0.4 is 26.4 Å². The number of rotatable bonds is 6. The highest BCUT2D eigenvalue weighted by molar-refractivity contribution is 5.98. The van der Waals surface area contributed by atoms with Crippen LogP contribution >= 0.6 is 0 Å². The Balaban J connectivity index is 1.74. The maximum atomic E-state index is 12.2. The molecule has 1 aliphatic carbocycles. The summed E-state index contributed by atoms with van der Waals surface area (Å²) in [5.74, 6) is 6.99. The van der Waals surface area contributed by atoms with Crippen LogP contribution in [0.2, 0.25) is 0 Å². The van der Waals surface area contributed by atoms with Gasteiger partial charge in [0.15, 0.2) is 5.84 Å². The minimum absolute atomic E-state index is 0.174. The van der Waals surface area contributed by atoms with E-state index in [1.165, 1.54) is 19.3 Å². The quantitative estimate of drug-likeness (QED) is 0.298. The first kappa shape index (κ1) is 20.4. The maximum absolute atomic E-state index is 12.2. The number of carbonyl (C=O) groups excluding carboxylic acids is 1. The molecule has 154 valence electrons. The van der Waals surface area contributed by atoms with E-state index in [9.17, 15) is 4.79 Å². The van der Waals surface area contributed by atoms with Crippen LogP contribution in [0.4, 0.5) is 4.79 Å². The highest BCUT2D eigenvalue weighted by atomic mass is 16.6. The Bertz CT molecular complexity index is 878. The summed E-state index contributed by atoms with van der Waals surface area (Å²) in [4.78, 5) is 16.4. The van der Waals surface area contributed by atoms with Crippen LogP contribution in [0.5, 0.6) is 11.5 Å². The first-order valence-corrected chi connectivity index (χ1v) is 9.73. The van der Waals surface area contributed by atoms with Crippen LogP contribution in [0.3, 0.4) is 0 Å². The molecule has 29 heavy (non-hydrogen) atoms. The van der Waals surface area contributed by atoms with Gasteiger partial charge in [0.2, 0.25) is 0 Å². The van der Waals surface area contributed by atoms with E-state index in [0.29, 0.717) is 35.1 Å². The molecule has 1 fully saturated rings. The molecule has 0 atom stereocenters. The number of amides is 1. The van der Waals surface area contributed by atoms with Crippen molar-refractivity contribution >= 4 is 11.9 Å². The number of nitrogens with two attached hydrogens (primary N) is 2. The molecular formula is C21H27N5O3. The summed E-state index contributed by atoms with van der Waals surface area (Å²) in [5, 5.41) is 6.37. The van der Waals surface area contributed by atoms with Crippen molar-refractivity contribution in [2.45, 2.75) is 32.1 Å². The second-order valence-corrected chi connectivity index (χ2v) is 7.11. The fourth-order valence-electron chi connectivity index (χ4n) is 3.54. The number of hydrazone groups is 1. The van der Waals surface area contributed by atoms with Crippen molar-refractivity contribution in [2.75, 3.05) is 13.7 Å². The van der Waals surface area contributed by atoms with E-state index in [4.69, 9.17) is 21.1 Å². The van der Waals surface area contributed by atoms with Gasteiger partial charge >= 0.3 is 6.09 Å². The van der Waals surface area contributed by atoms with Crippen molar-refractivity contribution in [3.05, 3.63) is 42.2 Å². The summed E-state index contributed by atoms with van der Waals surface area (Å²) in [6.45, 7) is 0.644. The number of hydrogen-bond donors (Lipinski definition) is 3. The average molecular weight is 397 g/mol. The number of pyridine rings is 1. The van der Waals surface area contributed by atoms with Crippen molar-refractivity contribution in [3.8, 4) is 22.6 Å². The van der Waals surface area contributed by atoms with E-state index in [2.05, 4.69) is 15.4 Å². The molecule has 1 aliphatic rings. The lowest BCUT2D eigenvalue weighted by Crippen LogP contribution is -2.32. The van der Waals surface area contributed by atoms with E-state index >= 15 is 0 Å². The summed E-state index contributed by atoms with van der Waals surface area (Å²) in [5.41, 5.74) is 7.81. The molecule has 5 N–H and O–H groups in total. The van der Waals surface area contributed by atoms with E-state index in [1.807, 2.05) is 0 Å². The number of carbonyl (C=O) groups is 1. The van der Waals surface area contributed by atoms with E-state index in [0.717, 1.165) is 18.4 Å². The number of ether oxygens (including phenoxy) is 2. The molecule has 0 bridgehead atoms. The summed E-state index contributed by atoms with van der Waals surface area (Å²) < 4.78 is 10.9. The molecule has 8 nitrogen and oxygen atoms in total. The Morgan fingerprint density at radius 1 is 1.24 bits per heavy atom.